The zero-order chi connectivity index (χ0) is 20.4. The molecule has 0 spiro atoms. The molecule has 10 heteroatoms. The normalized spacial score (nSPS) is 10.7. The predicted molar refractivity (Wildman–Crippen MR) is 104 cm³/mol. The molecule has 0 saturated heterocycles. The van der Waals surface area contributed by atoms with E-state index in [2.05, 4.69) is 30.7 Å². The molecule has 4 rings (SSSR count). The number of aromatic nitrogens is 7. The van der Waals surface area contributed by atoms with Gasteiger partial charge in [-0.25, -0.2) is 14.6 Å². The number of hydrogen-bond donors (Lipinski definition) is 1. The van der Waals surface area contributed by atoms with Crippen LogP contribution in [0.3, 0.4) is 0 Å². The minimum atomic E-state index is -0.336. The van der Waals surface area contributed by atoms with Gasteiger partial charge in [0.15, 0.2) is 11.5 Å². The van der Waals surface area contributed by atoms with Crippen molar-refractivity contribution in [3.63, 3.8) is 0 Å². The Morgan fingerprint density at radius 2 is 1.90 bits per heavy atom. The zero-order valence-electron chi connectivity index (χ0n) is 16.1. The molecule has 0 fully saturated rings. The van der Waals surface area contributed by atoms with E-state index in [1.54, 1.807) is 48.3 Å². The Morgan fingerprint density at radius 1 is 1.10 bits per heavy atom. The van der Waals surface area contributed by atoms with Crippen molar-refractivity contribution < 1.29 is 9.53 Å². The van der Waals surface area contributed by atoms with Crippen LogP contribution in [0.25, 0.3) is 5.82 Å². The fourth-order valence-corrected chi connectivity index (χ4v) is 2.74. The number of carbonyl (C=O) groups excluding carboxylic acids is 1. The zero-order valence-corrected chi connectivity index (χ0v) is 16.1. The number of aryl methyl sites for hydroxylation is 3. The van der Waals surface area contributed by atoms with Crippen LogP contribution in [0, 0.1) is 13.8 Å². The molecule has 0 unspecified atom stereocenters. The highest BCUT2D eigenvalue weighted by molar-refractivity contribution is 6.02. The minimum Gasteiger partial charge on any atom is -0.439 e. The average Bonchev–Trinajstić information content (AvgIpc) is 3.28. The second-order valence-electron chi connectivity index (χ2n) is 6.41. The fourth-order valence-electron chi connectivity index (χ4n) is 2.74. The Hall–Kier alpha value is -4.08. The molecule has 0 bridgehead atoms. The molecule has 1 aromatic carbocycles. The maximum absolute atomic E-state index is 12.1. The lowest BCUT2D eigenvalue weighted by atomic mass is 10.3. The molecule has 1 N–H and O–H groups in total. The molecule has 10 nitrogen and oxygen atoms in total. The molecule has 3 aromatic heterocycles. The van der Waals surface area contributed by atoms with Gasteiger partial charge in [-0.3, -0.25) is 9.48 Å². The lowest BCUT2D eigenvalue weighted by Crippen LogP contribution is -2.12. The van der Waals surface area contributed by atoms with Crippen LogP contribution in [0.2, 0.25) is 0 Å². The molecule has 0 aliphatic heterocycles. The monoisotopic (exact) mass is 390 g/mol. The Labute approximate surface area is 166 Å². The van der Waals surface area contributed by atoms with Gasteiger partial charge in [0.25, 0.3) is 5.91 Å². The van der Waals surface area contributed by atoms with Crippen LogP contribution in [0.15, 0.2) is 48.9 Å². The van der Waals surface area contributed by atoms with Crippen LogP contribution in [-0.4, -0.2) is 40.6 Å². The summed E-state index contributed by atoms with van der Waals surface area (Å²) < 4.78 is 9.00. The number of nitrogens with zero attached hydrogens (tertiary/aromatic N) is 7. The van der Waals surface area contributed by atoms with E-state index in [9.17, 15) is 4.79 Å². The molecule has 1 amide bonds. The van der Waals surface area contributed by atoms with E-state index in [1.165, 1.54) is 11.0 Å². The molecule has 0 radical (unpaired) electrons. The van der Waals surface area contributed by atoms with Crippen LogP contribution in [-0.2, 0) is 7.05 Å². The number of carbonyl (C=O) groups is 1. The second-order valence-corrected chi connectivity index (χ2v) is 6.41. The average molecular weight is 390 g/mol. The number of rotatable bonds is 5. The first-order chi connectivity index (χ1) is 14.0. The highest BCUT2D eigenvalue weighted by atomic mass is 16.5. The molecular weight excluding hydrogens is 372 g/mol. The minimum absolute atomic E-state index is 0.241. The van der Waals surface area contributed by atoms with Gasteiger partial charge < -0.3 is 10.1 Å². The maximum Gasteiger partial charge on any atom is 0.277 e. The van der Waals surface area contributed by atoms with Crippen molar-refractivity contribution in [2.24, 2.45) is 7.05 Å². The summed E-state index contributed by atoms with van der Waals surface area (Å²) in [5.41, 5.74) is 2.72. The Bertz CT molecular complexity index is 1160. The molecular formula is C19H18N8O2. The molecule has 3 heterocycles. The van der Waals surface area contributed by atoms with Crippen molar-refractivity contribution in [2.45, 2.75) is 13.8 Å². The van der Waals surface area contributed by atoms with Gasteiger partial charge in [0.05, 0.1) is 11.9 Å². The third-order valence-electron chi connectivity index (χ3n) is 4.02. The van der Waals surface area contributed by atoms with E-state index in [1.807, 2.05) is 19.9 Å². The predicted octanol–water partition coefficient (Wildman–Crippen LogP) is 2.45. The summed E-state index contributed by atoms with van der Waals surface area (Å²) in [5.74, 6) is 1.24. The third-order valence-corrected chi connectivity index (χ3v) is 4.02. The van der Waals surface area contributed by atoms with Gasteiger partial charge in [-0.15, -0.1) is 5.10 Å². The standard InChI is InChI=1S/C19H18N8O2/c1-12-8-13(2)27(24-12)17-9-18(21-11-20-17)29-15-6-4-14(5-7-15)22-19(28)16-10-26(3)25-23-16/h4-11H,1-3H3,(H,22,28). The van der Waals surface area contributed by atoms with Crippen LogP contribution in [0.4, 0.5) is 5.69 Å². The van der Waals surface area contributed by atoms with Crippen LogP contribution in [0.1, 0.15) is 21.9 Å². The summed E-state index contributed by atoms with van der Waals surface area (Å²) in [6.45, 7) is 3.88. The van der Waals surface area contributed by atoms with Gasteiger partial charge in [0, 0.05) is 24.5 Å². The van der Waals surface area contributed by atoms with Crippen LogP contribution < -0.4 is 10.1 Å². The van der Waals surface area contributed by atoms with Crippen molar-refractivity contribution in [3.05, 3.63) is 66.0 Å². The summed E-state index contributed by atoms with van der Waals surface area (Å²) in [5, 5.41) is 14.7. The van der Waals surface area contributed by atoms with Crippen molar-refractivity contribution in [2.75, 3.05) is 5.32 Å². The largest absolute Gasteiger partial charge is 0.439 e. The van der Waals surface area contributed by atoms with E-state index in [4.69, 9.17) is 4.74 Å². The van der Waals surface area contributed by atoms with Gasteiger partial charge in [0.2, 0.25) is 5.88 Å². The second kappa shape index (κ2) is 7.50. The summed E-state index contributed by atoms with van der Waals surface area (Å²) >= 11 is 0. The van der Waals surface area contributed by atoms with Crippen molar-refractivity contribution >= 4 is 11.6 Å². The van der Waals surface area contributed by atoms with Gasteiger partial charge in [0.1, 0.15) is 12.1 Å². The van der Waals surface area contributed by atoms with Gasteiger partial charge >= 0.3 is 0 Å². The fraction of sp³-hybridized carbons (Fsp3) is 0.158. The van der Waals surface area contributed by atoms with E-state index in [-0.39, 0.29) is 11.6 Å². The topological polar surface area (TPSA) is 113 Å². The number of nitrogens with one attached hydrogen (secondary N) is 1. The number of ether oxygens (including phenoxy) is 1. The van der Waals surface area contributed by atoms with Crippen molar-refractivity contribution in [1.29, 1.82) is 0 Å². The molecule has 4 aromatic rings. The van der Waals surface area contributed by atoms with E-state index in [0.29, 0.717) is 23.1 Å². The first kappa shape index (κ1) is 18.3. The van der Waals surface area contributed by atoms with Crippen LogP contribution in [0.5, 0.6) is 11.6 Å². The van der Waals surface area contributed by atoms with E-state index in [0.717, 1.165) is 11.4 Å². The molecule has 0 saturated carbocycles. The first-order valence-electron chi connectivity index (χ1n) is 8.79. The number of anilines is 1. The van der Waals surface area contributed by atoms with E-state index >= 15 is 0 Å². The maximum atomic E-state index is 12.1. The molecule has 0 aliphatic rings. The van der Waals surface area contributed by atoms with Gasteiger partial charge in [-0.05, 0) is 44.2 Å². The number of benzene rings is 1. The number of hydrogen-bond acceptors (Lipinski definition) is 7. The van der Waals surface area contributed by atoms with Crippen LogP contribution >= 0.6 is 0 Å². The highest BCUT2D eigenvalue weighted by Gasteiger charge is 2.11. The van der Waals surface area contributed by atoms with E-state index < -0.39 is 0 Å². The molecule has 0 atom stereocenters. The van der Waals surface area contributed by atoms with Crippen molar-refractivity contribution in [1.82, 2.24) is 34.7 Å². The Morgan fingerprint density at radius 3 is 2.55 bits per heavy atom. The Balaban J connectivity index is 1.46. The quantitative estimate of drug-likeness (QED) is 0.557. The third kappa shape index (κ3) is 4.10. The SMILES string of the molecule is Cc1cc(C)n(-c2cc(Oc3ccc(NC(=O)c4cn(C)nn4)cc3)ncn2)n1. The van der Waals surface area contributed by atoms with Gasteiger partial charge in [-0.1, -0.05) is 5.21 Å². The number of amides is 1. The lowest BCUT2D eigenvalue weighted by Gasteiger charge is -2.08. The van der Waals surface area contributed by atoms with Gasteiger partial charge in [-0.2, -0.15) is 5.10 Å². The molecule has 29 heavy (non-hydrogen) atoms. The molecule has 146 valence electrons. The smallest absolute Gasteiger partial charge is 0.277 e. The summed E-state index contributed by atoms with van der Waals surface area (Å²) in [6.07, 6.45) is 2.97. The first-order valence-corrected chi connectivity index (χ1v) is 8.79. The summed E-state index contributed by atoms with van der Waals surface area (Å²) in [6, 6.07) is 10.6. The Kier molecular flexibility index (Phi) is 4.73. The molecule has 0 aliphatic carbocycles. The summed E-state index contributed by atoms with van der Waals surface area (Å²) in [7, 11) is 1.70. The van der Waals surface area contributed by atoms with Crippen molar-refractivity contribution in [3.8, 4) is 17.4 Å². The summed E-state index contributed by atoms with van der Waals surface area (Å²) in [4.78, 5) is 20.5. The highest BCUT2D eigenvalue weighted by Crippen LogP contribution is 2.23. The lowest BCUT2D eigenvalue weighted by molar-refractivity contribution is 0.102.